The van der Waals surface area contributed by atoms with Crippen LogP contribution in [0, 0.1) is 11.3 Å². The zero-order valence-electron chi connectivity index (χ0n) is 9.91. The number of carboxylic acid groups (broad SMARTS) is 1. The molecule has 2 rings (SSSR count). The molecule has 94 valence electrons. The van der Waals surface area contributed by atoms with Crippen LogP contribution in [0.1, 0.15) is 16.1 Å². The van der Waals surface area contributed by atoms with E-state index in [-0.39, 0.29) is 11.6 Å². The first-order valence-corrected chi connectivity index (χ1v) is 5.53. The molecule has 2 aromatic rings. The standard InChI is InChI=1S/C14H10N2O3/c15-9-8-10-4-6-11(7-5-10)19-13-3-1-2-12(16-13)14(17)18/h1-7H,8H2,(H,17,18). The van der Waals surface area contributed by atoms with Crippen LogP contribution in [0.25, 0.3) is 0 Å². The van der Waals surface area contributed by atoms with Gasteiger partial charge in [-0.25, -0.2) is 9.78 Å². The van der Waals surface area contributed by atoms with Crippen LogP contribution in [0.2, 0.25) is 0 Å². The summed E-state index contributed by atoms with van der Waals surface area (Å²) in [7, 11) is 0. The fraction of sp³-hybridized carbons (Fsp3) is 0.0714. The molecule has 19 heavy (non-hydrogen) atoms. The summed E-state index contributed by atoms with van der Waals surface area (Å²) in [4.78, 5) is 14.6. The van der Waals surface area contributed by atoms with Crippen molar-refractivity contribution < 1.29 is 14.6 Å². The molecule has 0 spiro atoms. The number of aromatic carboxylic acids is 1. The van der Waals surface area contributed by atoms with Crippen LogP contribution in [0.4, 0.5) is 0 Å². The Kier molecular flexibility index (Phi) is 3.74. The zero-order valence-corrected chi connectivity index (χ0v) is 9.91. The summed E-state index contributed by atoms with van der Waals surface area (Å²) < 4.78 is 5.44. The van der Waals surface area contributed by atoms with Crippen molar-refractivity contribution in [1.82, 2.24) is 4.98 Å². The van der Waals surface area contributed by atoms with Crippen molar-refractivity contribution in [3.05, 3.63) is 53.7 Å². The van der Waals surface area contributed by atoms with E-state index in [2.05, 4.69) is 11.1 Å². The molecule has 0 amide bonds. The molecule has 1 aromatic heterocycles. The number of nitriles is 1. The van der Waals surface area contributed by atoms with E-state index in [1.54, 1.807) is 36.4 Å². The SMILES string of the molecule is N#CCc1ccc(Oc2cccc(C(=O)O)n2)cc1. The predicted octanol–water partition coefficient (Wildman–Crippen LogP) is 2.64. The van der Waals surface area contributed by atoms with Crippen LogP contribution >= 0.6 is 0 Å². The fourth-order valence-corrected chi connectivity index (χ4v) is 1.48. The van der Waals surface area contributed by atoms with Gasteiger partial charge in [-0.15, -0.1) is 0 Å². The van der Waals surface area contributed by atoms with Gasteiger partial charge in [0.1, 0.15) is 5.75 Å². The molecule has 0 bridgehead atoms. The predicted molar refractivity (Wildman–Crippen MR) is 67.0 cm³/mol. The van der Waals surface area contributed by atoms with E-state index < -0.39 is 5.97 Å². The van der Waals surface area contributed by atoms with E-state index in [0.717, 1.165) is 5.56 Å². The van der Waals surface area contributed by atoms with Crippen molar-refractivity contribution in [2.45, 2.75) is 6.42 Å². The first kappa shape index (κ1) is 12.6. The number of hydrogen-bond acceptors (Lipinski definition) is 4. The Morgan fingerprint density at radius 1 is 1.26 bits per heavy atom. The van der Waals surface area contributed by atoms with E-state index in [9.17, 15) is 4.79 Å². The topological polar surface area (TPSA) is 83.2 Å². The summed E-state index contributed by atoms with van der Waals surface area (Å²) in [5.41, 5.74) is 0.820. The maximum atomic E-state index is 10.8. The Hall–Kier alpha value is -2.87. The molecular formula is C14H10N2O3. The average Bonchev–Trinajstić information content (AvgIpc) is 2.42. The zero-order chi connectivity index (χ0) is 13.7. The Bertz CT molecular complexity index is 630. The van der Waals surface area contributed by atoms with Crippen molar-refractivity contribution >= 4 is 5.97 Å². The maximum Gasteiger partial charge on any atom is 0.354 e. The minimum absolute atomic E-state index is 0.0707. The molecule has 0 aliphatic carbocycles. The molecule has 0 aliphatic heterocycles. The van der Waals surface area contributed by atoms with Gasteiger partial charge in [-0.1, -0.05) is 18.2 Å². The van der Waals surface area contributed by atoms with Crippen molar-refractivity contribution in [3.8, 4) is 17.7 Å². The highest BCUT2D eigenvalue weighted by molar-refractivity contribution is 5.85. The van der Waals surface area contributed by atoms with E-state index in [4.69, 9.17) is 15.1 Å². The summed E-state index contributed by atoms with van der Waals surface area (Å²) in [6.45, 7) is 0. The Balaban J connectivity index is 2.14. The third-order valence-electron chi connectivity index (χ3n) is 2.37. The van der Waals surface area contributed by atoms with Gasteiger partial charge in [0.2, 0.25) is 5.88 Å². The Morgan fingerprint density at radius 3 is 2.63 bits per heavy atom. The molecule has 1 N–H and O–H groups in total. The van der Waals surface area contributed by atoms with E-state index in [0.29, 0.717) is 12.2 Å². The molecule has 1 heterocycles. The summed E-state index contributed by atoms with van der Waals surface area (Å²) >= 11 is 0. The van der Waals surface area contributed by atoms with Crippen LogP contribution in [-0.2, 0) is 6.42 Å². The molecule has 5 nitrogen and oxygen atoms in total. The summed E-state index contributed by atoms with van der Waals surface area (Å²) in [6, 6.07) is 13.6. The molecule has 0 radical (unpaired) electrons. The number of ether oxygens (including phenoxy) is 1. The second-order valence-electron chi connectivity index (χ2n) is 3.75. The lowest BCUT2D eigenvalue weighted by Gasteiger charge is -2.05. The highest BCUT2D eigenvalue weighted by Crippen LogP contribution is 2.20. The number of pyridine rings is 1. The lowest BCUT2D eigenvalue weighted by atomic mass is 10.2. The van der Waals surface area contributed by atoms with Crippen LogP contribution < -0.4 is 4.74 Å². The van der Waals surface area contributed by atoms with Crippen molar-refractivity contribution in [2.75, 3.05) is 0 Å². The summed E-state index contributed by atoms with van der Waals surface area (Å²) in [5, 5.41) is 17.4. The van der Waals surface area contributed by atoms with Crippen LogP contribution in [0.3, 0.4) is 0 Å². The average molecular weight is 254 g/mol. The Labute approximate surface area is 109 Å². The normalized spacial score (nSPS) is 9.63. The fourth-order valence-electron chi connectivity index (χ4n) is 1.48. The number of hydrogen-bond donors (Lipinski definition) is 1. The summed E-state index contributed by atoms with van der Waals surface area (Å²) in [5.74, 6) is -0.348. The van der Waals surface area contributed by atoms with Gasteiger partial charge in [-0.3, -0.25) is 0 Å². The lowest BCUT2D eigenvalue weighted by Crippen LogP contribution is -2.00. The molecule has 0 atom stereocenters. The van der Waals surface area contributed by atoms with Gasteiger partial charge in [-0.05, 0) is 23.8 Å². The molecule has 0 fully saturated rings. The van der Waals surface area contributed by atoms with Gasteiger partial charge in [0, 0.05) is 6.07 Å². The molecular weight excluding hydrogens is 244 g/mol. The first-order valence-electron chi connectivity index (χ1n) is 5.53. The van der Waals surface area contributed by atoms with Crippen molar-refractivity contribution in [3.63, 3.8) is 0 Å². The van der Waals surface area contributed by atoms with Crippen LogP contribution in [0.5, 0.6) is 11.6 Å². The number of nitrogens with zero attached hydrogens (tertiary/aromatic N) is 2. The second-order valence-corrected chi connectivity index (χ2v) is 3.75. The number of rotatable bonds is 4. The Morgan fingerprint density at radius 2 is 2.00 bits per heavy atom. The second kappa shape index (κ2) is 5.65. The molecule has 5 heteroatoms. The molecule has 0 aliphatic rings. The molecule has 0 unspecified atom stereocenters. The van der Waals surface area contributed by atoms with Gasteiger partial charge >= 0.3 is 5.97 Å². The van der Waals surface area contributed by atoms with Crippen LogP contribution in [0.15, 0.2) is 42.5 Å². The van der Waals surface area contributed by atoms with Gasteiger partial charge < -0.3 is 9.84 Å². The number of aromatic nitrogens is 1. The van der Waals surface area contributed by atoms with E-state index in [1.165, 1.54) is 6.07 Å². The maximum absolute atomic E-state index is 10.8. The monoisotopic (exact) mass is 254 g/mol. The third-order valence-corrected chi connectivity index (χ3v) is 2.37. The van der Waals surface area contributed by atoms with Gasteiger partial charge in [0.25, 0.3) is 0 Å². The van der Waals surface area contributed by atoms with E-state index in [1.807, 2.05) is 0 Å². The van der Waals surface area contributed by atoms with Crippen molar-refractivity contribution in [1.29, 1.82) is 5.26 Å². The number of carboxylic acids is 1. The minimum atomic E-state index is -1.10. The highest BCUT2D eigenvalue weighted by Gasteiger charge is 2.06. The first-order chi connectivity index (χ1) is 9.19. The molecule has 0 saturated heterocycles. The molecule has 0 saturated carbocycles. The number of benzene rings is 1. The van der Waals surface area contributed by atoms with Gasteiger partial charge in [0.15, 0.2) is 5.69 Å². The molecule has 1 aromatic carbocycles. The lowest BCUT2D eigenvalue weighted by molar-refractivity contribution is 0.0689. The summed E-state index contributed by atoms with van der Waals surface area (Å²) in [6.07, 6.45) is 0.340. The van der Waals surface area contributed by atoms with Crippen LogP contribution in [-0.4, -0.2) is 16.1 Å². The quantitative estimate of drug-likeness (QED) is 0.906. The van der Waals surface area contributed by atoms with Gasteiger partial charge in [0.05, 0.1) is 12.5 Å². The number of carbonyl (C=O) groups is 1. The highest BCUT2D eigenvalue weighted by atomic mass is 16.5. The smallest absolute Gasteiger partial charge is 0.354 e. The minimum Gasteiger partial charge on any atom is -0.477 e. The third kappa shape index (κ3) is 3.30. The largest absolute Gasteiger partial charge is 0.477 e. The van der Waals surface area contributed by atoms with Gasteiger partial charge in [-0.2, -0.15) is 5.26 Å². The van der Waals surface area contributed by atoms with Crippen molar-refractivity contribution in [2.24, 2.45) is 0 Å². The van der Waals surface area contributed by atoms with E-state index >= 15 is 0 Å².